The SMILES string of the molecule is CCCCC[n+]1c(SCC(=O)O)[nH]c2c1c(=O)n(C)c(=O)n2C. The molecule has 0 fully saturated rings. The minimum absolute atomic E-state index is 0.116. The number of hydrogen-bond acceptors (Lipinski definition) is 4. The molecule has 2 N–H and O–H groups in total. The van der Waals surface area contributed by atoms with E-state index < -0.39 is 11.7 Å². The fourth-order valence-electron chi connectivity index (χ4n) is 2.46. The van der Waals surface area contributed by atoms with E-state index >= 15 is 0 Å². The van der Waals surface area contributed by atoms with Gasteiger partial charge in [0.1, 0.15) is 5.75 Å². The third kappa shape index (κ3) is 3.34. The van der Waals surface area contributed by atoms with Crippen molar-refractivity contribution in [3.63, 3.8) is 0 Å². The summed E-state index contributed by atoms with van der Waals surface area (Å²) in [4.78, 5) is 38.4. The van der Waals surface area contributed by atoms with Crippen molar-refractivity contribution >= 4 is 28.9 Å². The van der Waals surface area contributed by atoms with Gasteiger partial charge in [0.05, 0.1) is 6.54 Å². The standard InChI is InChI=1S/C14H20N4O4S/c1-4-5-6-7-18-10-11(15-13(18)23-8-9(19)20)16(2)14(22)17(3)12(10)21/h4-8H2,1-3H3,(H,19,20)/p+1. The zero-order chi connectivity index (χ0) is 17.1. The monoisotopic (exact) mass is 341 g/mol. The first-order chi connectivity index (χ1) is 10.9. The van der Waals surface area contributed by atoms with Crippen LogP contribution in [0.3, 0.4) is 0 Å². The van der Waals surface area contributed by atoms with Crippen molar-refractivity contribution in [1.29, 1.82) is 0 Å². The van der Waals surface area contributed by atoms with Gasteiger partial charge in [0.2, 0.25) is 0 Å². The molecule has 9 heteroatoms. The predicted octanol–water partition coefficient (Wildman–Crippen LogP) is 0.220. The normalized spacial score (nSPS) is 11.3. The number of aromatic nitrogens is 4. The summed E-state index contributed by atoms with van der Waals surface area (Å²) >= 11 is 1.11. The highest BCUT2D eigenvalue weighted by Gasteiger charge is 2.26. The summed E-state index contributed by atoms with van der Waals surface area (Å²) in [5.41, 5.74) is 0.0262. The third-order valence-corrected chi connectivity index (χ3v) is 4.69. The number of carboxylic acid groups (broad SMARTS) is 1. The molecule has 2 heterocycles. The van der Waals surface area contributed by atoms with Crippen LogP contribution in [0.2, 0.25) is 0 Å². The van der Waals surface area contributed by atoms with Gasteiger partial charge in [-0.2, -0.15) is 0 Å². The molecule has 0 aliphatic rings. The van der Waals surface area contributed by atoms with Crippen LogP contribution in [0.15, 0.2) is 14.7 Å². The molecule has 0 aliphatic heterocycles. The molecule has 2 aromatic rings. The maximum absolute atomic E-state index is 12.5. The summed E-state index contributed by atoms with van der Waals surface area (Å²) in [5.74, 6) is -1.05. The number of unbranched alkanes of at least 4 members (excludes halogenated alkanes) is 2. The number of rotatable bonds is 7. The van der Waals surface area contributed by atoms with Gasteiger partial charge in [-0.15, -0.1) is 0 Å². The van der Waals surface area contributed by atoms with Crippen LogP contribution in [0.4, 0.5) is 0 Å². The van der Waals surface area contributed by atoms with Crippen LogP contribution in [0.1, 0.15) is 26.2 Å². The Morgan fingerprint density at radius 2 is 1.96 bits per heavy atom. The smallest absolute Gasteiger partial charge is 0.333 e. The fourth-order valence-corrected chi connectivity index (χ4v) is 3.23. The number of carbonyl (C=O) groups is 1. The lowest BCUT2D eigenvalue weighted by Crippen LogP contribution is -2.44. The van der Waals surface area contributed by atoms with Crippen LogP contribution in [0, 0.1) is 0 Å². The maximum Gasteiger partial charge on any atom is 0.333 e. The molecule has 23 heavy (non-hydrogen) atoms. The van der Waals surface area contributed by atoms with Crippen molar-refractivity contribution < 1.29 is 14.5 Å². The topological polar surface area (TPSA) is 101 Å². The predicted molar refractivity (Wildman–Crippen MR) is 86.9 cm³/mol. The molecular formula is C14H21N4O4S+. The van der Waals surface area contributed by atoms with E-state index in [1.807, 2.05) is 0 Å². The molecule has 0 saturated heterocycles. The van der Waals surface area contributed by atoms with E-state index in [0.29, 0.717) is 22.9 Å². The lowest BCUT2D eigenvalue weighted by molar-refractivity contribution is -0.709. The third-order valence-electron chi connectivity index (χ3n) is 3.70. The van der Waals surface area contributed by atoms with Crippen molar-refractivity contribution in [3.8, 4) is 0 Å². The number of imidazole rings is 1. The van der Waals surface area contributed by atoms with Gasteiger partial charge in [0, 0.05) is 14.1 Å². The summed E-state index contributed by atoms with van der Waals surface area (Å²) in [6, 6.07) is 0. The number of nitrogens with one attached hydrogen (secondary N) is 1. The van der Waals surface area contributed by atoms with E-state index in [1.54, 1.807) is 11.6 Å². The molecule has 0 spiro atoms. The Bertz CT molecular complexity index is 849. The van der Waals surface area contributed by atoms with E-state index in [-0.39, 0.29) is 11.3 Å². The number of fused-ring (bicyclic) bond motifs is 1. The zero-order valence-corrected chi connectivity index (χ0v) is 14.3. The van der Waals surface area contributed by atoms with Gasteiger partial charge in [-0.05, 0) is 24.6 Å². The van der Waals surface area contributed by atoms with Crippen LogP contribution in [-0.4, -0.2) is 30.9 Å². The van der Waals surface area contributed by atoms with E-state index in [4.69, 9.17) is 5.11 Å². The molecule has 0 unspecified atom stereocenters. The molecule has 0 aromatic carbocycles. The van der Waals surface area contributed by atoms with Gasteiger partial charge < -0.3 is 5.11 Å². The van der Waals surface area contributed by atoms with Crippen molar-refractivity contribution in [2.45, 2.75) is 37.9 Å². The Balaban J connectivity index is 2.64. The highest BCUT2D eigenvalue weighted by atomic mass is 32.2. The number of nitrogens with zero attached hydrogens (tertiary/aromatic N) is 3. The minimum Gasteiger partial charge on any atom is -0.481 e. The zero-order valence-electron chi connectivity index (χ0n) is 13.5. The molecular weight excluding hydrogens is 320 g/mol. The maximum atomic E-state index is 12.5. The molecule has 2 aromatic heterocycles. The van der Waals surface area contributed by atoms with Gasteiger partial charge in [-0.3, -0.25) is 18.7 Å². The van der Waals surface area contributed by atoms with Crippen LogP contribution < -0.4 is 15.8 Å². The lowest BCUT2D eigenvalue weighted by atomic mass is 10.2. The second-order valence-corrected chi connectivity index (χ2v) is 6.34. The quantitative estimate of drug-likeness (QED) is 0.426. The first kappa shape index (κ1) is 17.3. The Kier molecular flexibility index (Phi) is 5.30. The number of aliphatic carboxylic acids is 1. The van der Waals surface area contributed by atoms with Crippen LogP contribution in [-0.2, 0) is 25.4 Å². The summed E-state index contributed by atoms with van der Waals surface area (Å²) < 4.78 is 4.23. The van der Waals surface area contributed by atoms with E-state index in [0.717, 1.165) is 35.6 Å². The van der Waals surface area contributed by atoms with Crippen LogP contribution in [0.5, 0.6) is 0 Å². The summed E-state index contributed by atoms with van der Waals surface area (Å²) in [6.07, 6.45) is 2.92. The second-order valence-electron chi connectivity index (χ2n) is 5.37. The van der Waals surface area contributed by atoms with Crippen molar-refractivity contribution in [2.24, 2.45) is 14.1 Å². The van der Waals surface area contributed by atoms with E-state index in [2.05, 4.69) is 11.9 Å². The van der Waals surface area contributed by atoms with E-state index in [1.165, 1.54) is 11.6 Å². The Labute approximate surface area is 136 Å². The molecule has 2 rings (SSSR count). The minimum atomic E-state index is -0.935. The van der Waals surface area contributed by atoms with Gasteiger partial charge in [0.25, 0.3) is 11.2 Å². The molecule has 0 radical (unpaired) electrons. The van der Waals surface area contributed by atoms with Crippen LogP contribution >= 0.6 is 11.8 Å². The summed E-state index contributed by atoms with van der Waals surface area (Å²) in [7, 11) is 3.03. The Morgan fingerprint density at radius 1 is 1.26 bits per heavy atom. The fraction of sp³-hybridized carbons (Fsp3) is 0.571. The Morgan fingerprint density at radius 3 is 2.57 bits per heavy atom. The van der Waals surface area contributed by atoms with Crippen molar-refractivity contribution in [1.82, 2.24) is 14.1 Å². The molecule has 8 nitrogen and oxygen atoms in total. The average molecular weight is 341 g/mol. The number of hydrogen-bond donors (Lipinski definition) is 2. The van der Waals surface area contributed by atoms with Crippen LogP contribution in [0.25, 0.3) is 11.2 Å². The van der Waals surface area contributed by atoms with Gasteiger partial charge in [0.15, 0.2) is 0 Å². The highest BCUT2D eigenvalue weighted by molar-refractivity contribution is 7.99. The number of aryl methyl sites for hydroxylation is 2. The first-order valence-electron chi connectivity index (χ1n) is 7.44. The molecule has 0 bridgehead atoms. The molecule has 0 saturated carbocycles. The number of H-pyrrole nitrogens is 1. The number of carboxylic acids is 1. The molecule has 0 amide bonds. The summed E-state index contributed by atoms with van der Waals surface area (Å²) in [5, 5.41) is 9.47. The van der Waals surface area contributed by atoms with Gasteiger partial charge in [-0.25, -0.2) is 14.3 Å². The average Bonchev–Trinajstić information content (AvgIpc) is 2.88. The largest absolute Gasteiger partial charge is 0.481 e. The van der Waals surface area contributed by atoms with Gasteiger partial charge >= 0.3 is 22.4 Å². The Hall–Kier alpha value is -2.03. The van der Waals surface area contributed by atoms with Crippen molar-refractivity contribution in [3.05, 3.63) is 20.8 Å². The van der Waals surface area contributed by atoms with Crippen molar-refractivity contribution in [2.75, 3.05) is 5.75 Å². The molecule has 0 aliphatic carbocycles. The molecule has 126 valence electrons. The second kappa shape index (κ2) is 7.03. The van der Waals surface area contributed by atoms with E-state index in [9.17, 15) is 14.4 Å². The lowest BCUT2D eigenvalue weighted by Gasteiger charge is -2.02. The summed E-state index contributed by atoms with van der Waals surface area (Å²) in [6.45, 7) is 2.69. The number of thioether (sulfide) groups is 1. The van der Waals surface area contributed by atoms with Gasteiger partial charge in [-0.1, -0.05) is 13.3 Å². The number of aromatic amines is 1. The molecule has 0 atom stereocenters. The first-order valence-corrected chi connectivity index (χ1v) is 8.43. The highest BCUT2D eigenvalue weighted by Crippen LogP contribution is 2.15.